The maximum absolute atomic E-state index is 12.4. The molecule has 0 amide bonds. The highest BCUT2D eigenvalue weighted by Gasteiger charge is 2.30. The van der Waals surface area contributed by atoms with Gasteiger partial charge >= 0.3 is 5.97 Å². The van der Waals surface area contributed by atoms with Gasteiger partial charge in [-0.05, 0) is 43.0 Å². The fourth-order valence-electron chi connectivity index (χ4n) is 1.88. The SMILES string of the molecule is CC[C@@H](C)[C@@H](NS(=O)(=O)c1ccc(C)c(C)c1)C(=O)OC. The van der Waals surface area contributed by atoms with Gasteiger partial charge in [0.25, 0.3) is 0 Å². The smallest absolute Gasteiger partial charge is 0.324 e. The zero-order chi connectivity index (χ0) is 16.2. The molecule has 0 radical (unpaired) electrons. The summed E-state index contributed by atoms with van der Waals surface area (Å²) in [5.41, 5.74) is 1.90. The first-order valence-electron chi connectivity index (χ1n) is 6.90. The second-order valence-electron chi connectivity index (χ2n) is 5.25. The Balaban J connectivity index is 3.11. The fourth-order valence-corrected chi connectivity index (χ4v) is 3.25. The Labute approximate surface area is 126 Å². The number of hydrogen-bond acceptors (Lipinski definition) is 4. The first-order valence-corrected chi connectivity index (χ1v) is 8.38. The van der Waals surface area contributed by atoms with Gasteiger partial charge in [0.15, 0.2) is 0 Å². The monoisotopic (exact) mass is 313 g/mol. The van der Waals surface area contributed by atoms with Crippen molar-refractivity contribution in [3.63, 3.8) is 0 Å². The number of methoxy groups -OCH3 is 1. The number of rotatable bonds is 6. The van der Waals surface area contributed by atoms with Crippen LogP contribution in [0.4, 0.5) is 0 Å². The van der Waals surface area contributed by atoms with Gasteiger partial charge in [-0.1, -0.05) is 26.3 Å². The average Bonchev–Trinajstić information content (AvgIpc) is 2.45. The molecular weight excluding hydrogens is 290 g/mol. The summed E-state index contributed by atoms with van der Waals surface area (Å²) in [6.45, 7) is 7.46. The predicted octanol–water partition coefficient (Wildman–Crippen LogP) is 2.17. The van der Waals surface area contributed by atoms with E-state index < -0.39 is 22.0 Å². The van der Waals surface area contributed by atoms with Gasteiger partial charge < -0.3 is 4.74 Å². The van der Waals surface area contributed by atoms with Crippen LogP contribution in [0.1, 0.15) is 31.4 Å². The van der Waals surface area contributed by atoms with E-state index in [1.807, 2.05) is 27.7 Å². The summed E-state index contributed by atoms with van der Waals surface area (Å²) in [7, 11) is -2.51. The van der Waals surface area contributed by atoms with E-state index in [0.29, 0.717) is 6.42 Å². The number of aryl methyl sites for hydroxylation is 2. The van der Waals surface area contributed by atoms with Crippen LogP contribution < -0.4 is 4.72 Å². The molecule has 118 valence electrons. The van der Waals surface area contributed by atoms with E-state index in [0.717, 1.165) is 11.1 Å². The number of ether oxygens (including phenoxy) is 1. The Bertz CT molecular complexity index is 610. The summed E-state index contributed by atoms with van der Waals surface area (Å²) in [5, 5.41) is 0. The van der Waals surface area contributed by atoms with Crippen LogP contribution in [0.25, 0.3) is 0 Å². The molecule has 0 aromatic heterocycles. The topological polar surface area (TPSA) is 72.5 Å². The molecule has 0 unspecified atom stereocenters. The van der Waals surface area contributed by atoms with Gasteiger partial charge in [0.05, 0.1) is 12.0 Å². The number of nitrogens with one attached hydrogen (secondary N) is 1. The van der Waals surface area contributed by atoms with Gasteiger partial charge in [-0.2, -0.15) is 4.72 Å². The second-order valence-corrected chi connectivity index (χ2v) is 6.97. The van der Waals surface area contributed by atoms with Crippen LogP contribution in [0, 0.1) is 19.8 Å². The zero-order valence-corrected chi connectivity index (χ0v) is 14.0. The highest BCUT2D eigenvalue weighted by atomic mass is 32.2. The molecule has 0 saturated carbocycles. The third-order valence-electron chi connectivity index (χ3n) is 3.74. The molecule has 1 aromatic carbocycles. The molecule has 0 aliphatic rings. The Morgan fingerprint density at radius 1 is 1.29 bits per heavy atom. The first kappa shape index (κ1) is 17.7. The van der Waals surface area contributed by atoms with Gasteiger partial charge in [-0.25, -0.2) is 8.42 Å². The van der Waals surface area contributed by atoms with Crippen molar-refractivity contribution in [2.24, 2.45) is 5.92 Å². The lowest BCUT2D eigenvalue weighted by molar-refractivity contribution is -0.143. The van der Waals surface area contributed by atoms with E-state index in [9.17, 15) is 13.2 Å². The normalized spacial score (nSPS) is 14.5. The van der Waals surface area contributed by atoms with Crippen molar-refractivity contribution in [3.8, 4) is 0 Å². The molecule has 0 spiro atoms. The van der Waals surface area contributed by atoms with Crippen LogP contribution in [0.15, 0.2) is 23.1 Å². The molecule has 0 bridgehead atoms. The van der Waals surface area contributed by atoms with Crippen LogP contribution in [0.5, 0.6) is 0 Å². The zero-order valence-electron chi connectivity index (χ0n) is 13.1. The summed E-state index contributed by atoms with van der Waals surface area (Å²) < 4.78 is 32.0. The highest BCUT2D eigenvalue weighted by molar-refractivity contribution is 7.89. The van der Waals surface area contributed by atoms with Crippen LogP contribution in [0.2, 0.25) is 0 Å². The number of esters is 1. The van der Waals surface area contributed by atoms with Crippen molar-refractivity contribution >= 4 is 16.0 Å². The number of carbonyl (C=O) groups excluding carboxylic acids is 1. The van der Waals surface area contributed by atoms with Crippen LogP contribution in [-0.2, 0) is 19.6 Å². The van der Waals surface area contributed by atoms with Crippen molar-refractivity contribution in [2.45, 2.75) is 45.1 Å². The lowest BCUT2D eigenvalue weighted by atomic mass is 10.0. The molecule has 2 atom stereocenters. The summed E-state index contributed by atoms with van der Waals surface area (Å²) >= 11 is 0. The van der Waals surface area contributed by atoms with Gasteiger partial charge in [-0.15, -0.1) is 0 Å². The van der Waals surface area contributed by atoms with Gasteiger partial charge in [0, 0.05) is 0 Å². The van der Waals surface area contributed by atoms with Crippen LogP contribution in [-0.4, -0.2) is 27.5 Å². The molecule has 0 heterocycles. The van der Waals surface area contributed by atoms with Crippen molar-refractivity contribution < 1.29 is 17.9 Å². The minimum absolute atomic E-state index is 0.154. The molecule has 21 heavy (non-hydrogen) atoms. The average molecular weight is 313 g/mol. The molecule has 5 nitrogen and oxygen atoms in total. The van der Waals surface area contributed by atoms with E-state index in [4.69, 9.17) is 4.74 Å². The number of benzene rings is 1. The largest absolute Gasteiger partial charge is 0.468 e. The molecule has 1 rings (SSSR count). The van der Waals surface area contributed by atoms with Crippen molar-refractivity contribution in [1.82, 2.24) is 4.72 Å². The Hall–Kier alpha value is -1.40. The third-order valence-corrected chi connectivity index (χ3v) is 5.18. The van der Waals surface area contributed by atoms with Crippen molar-refractivity contribution in [3.05, 3.63) is 29.3 Å². The third kappa shape index (κ3) is 4.28. The standard InChI is InChI=1S/C15H23NO4S/c1-6-10(2)14(15(17)20-5)16-21(18,19)13-8-7-11(3)12(4)9-13/h7-10,14,16H,6H2,1-5H3/t10-,14-/m1/s1. The second kappa shape index (κ2) is 7.04. The highest BCUT2D eigenvalue weighted by Crippen LogP contribution is 2.17. The molecule has 0 aliphatic heterocycles. The lowest BCUT2D eigenvalue weighted by Crippen LogP contribution is -2.45. The number of hydrogen-bond donors (Lipinski definition) is 1. The van der Waals surface area contributed by atoms with Crippen LogP contribution in [0.3, 0.4) is 0 Å². The molecular formula is C15H23NO4S. The maximum Gasteiger partial charge on any atom is 0.324 e. The molecule has 0 saturated heterocycles. The van der Waals surface area contributed by atoms with Crippen molar-refractivity contribution in [1.29, 1.82) is 0 Å². The molecule has 1 N–H and O–H groups in total. The van der Waals surface area contributed by atoms with E-state index in [1.165, 1.54) is 13.2 Å². The molecule has 1 aromatic rings. The fraction of sp³-hybridized carbons (Fsp3) is 0.533. The van der Waals surface area contributed by atoms with E-state index >= 15 is 0 Å². The minimum Gasteiger partial charge on any atom is -0.468 e. The lowest BCUT2D eigenvalue weighted by Gasteiger charge is -2.22. The van der Waals surface area contributed by atoms with Gasteiger partial charge in [0.1, 0.15) is 6.04 Å². The Morgan fingerprint density at radius 3 is 2.38 bits per heavy atom. The van der Waals surface area contributed by atoms with Gasteiger partial charge in [-0.3, -0.25) is 4.79 Å². The Morgan fingerprint density at radius 2 is 1.90 bits per heavy atom. The van der Waals surface area contributed by atoms with Gasteiger partial charge in [0.2, 0.25) is 10.0 Å². The van der Waals surface area contributed by atoms with E-state index in [1.54, 1.807) is 12.1 Å². The molecule has 0 aliphatic carbocycles. The van der Waals surface area contributed by atoms with E-state index in [2.05, 4.69) is 4.72 Å². The van der Waals surface area contributed by atoms with E-state index in [-0.39, 0.29) is 10.8 Å². The molecule has 0 fully saturated rings. The summed E-state index contributed by atoms with van der Waals surface area (Å²) in [6, 6.07) is 4.00. The Kier molecular flexibility index (Phi) is 5.92. The number of carbonyl (C=O) groups is 1. The number of sulfonamides is 1. The van der Waals surface area contributed by atoms with Crippen LogP contribution >= 0.6 is 0 Å². The first-order chi connectivity index (χ1) is 9.72. The summed E-state index contributed by atoms with van der Waals surface area (Å²) in [4.78, 5) is 11.9. The minimum atomic E-state index is -3.76. The maximum atomic E-state index is 12.4. The molecule has 6 heteroatoms. The van der Waals surface area contributed by atoms with Crippen molar-refractivity contribution in [2.75, 3.05) is 7.11 Å². The summed E-state index contributed by atoms with van der Waals surface area (Å²) in [5.74, 6) is -0.726. The summed E-state index contributed by atoms with van der Waals surface area (Å²) in [6.07, 6.45) is 0.662. The predicted molar refractivity (Wildman–Crippen MR) is 81.5 cm³/mol. The quantitative estimate of drug-likeness (QED) is 0.817.